The molecule has 0 aromatic heterocycles. The number of nitrogens with one attached hydrogen (secondary N) is 1. The molecule has 0 bridgehead atoms. The number of esters is 1. The third-order valence-corrected chi connectivity index (χ3v) is 7.30. The number of hydrogen-bond acceptors (Lipinski definition) is 11. The van der Waals surface area contributed by atoms with Gasteiger partial charge in [-0.25, -0.2) is 14.7 Å². The van der Waals surface area contributed by atoms with Crippen molar-refractivity contribution in [1.82, 2.24) is 9.96 Å². The van der Waals surface area contributed by atoms with Crippen molar-refractivity contribution in [2.45, 2.75) is 31.2 Å². The number of ether oxygens (including phenoxy) is 2. The molecule has 1 saturated heterocycles. The molecule has 3 amide bonds. The Labute approximate surface area is 251 Å². The van der Waals surface area contributed by atoms with Crippen LogP contribution in [-0.4, -0.2) is 82.5 Å². The molecule has 0 unspecified atom stereocenters. The molecule has 15 heteroatoms. The summed E-state index contributed by atoms with van der Waals surface area (Å²) in [7, 11) is 2.61. The number of nitro benzene ring substituents is 1. The summed E-state index contributed by atoms with van der Waals surface area (Å²) >= 11 is 0.968. The smallest absolute Gasteiger partial charge is 0.410 e. The van der Waals surface area contributed by atoms with Crippen LogP contribution < -0.4 is 5.32 Å². The highest BCUT2D eigenvalue weighted by Crippen LogP contribution is 2.31. The van der Waals surface area contributed by atoms with E-state index in [2.05, 4.69) is 11.9 Å². The van der Waals surface area contributed by atoms with Gasteiger partial charge < -0.3 is 14.8 Å². The van der Waals surface area contributed by atoms with Crippen molar-refractivity contribution >= 4 is 52.1 Å². The lowest BCUT2D eigenvalue weighted by Crippen LogP contribution is -2.44. The molecular formula is C28H30N4O10S. The molecule has 1 aliphatic rings. The maximum atomic E-state index is 13.7. The molecular weight excluding hydrogens is 584 g/mol. The predicted molar refractivity (Wildman–Crippen MR) is 155 cm³/mol. The lowest BCUT2D eigenvalue weighted by atomic mass is 10.0. The van der Waals surface area contributed by atoms with Gasteiger partial charge in [-0.15, -0.1) is 0 Å². The van der Waals surface area contributed by atoms with Gasteiger partial charge in [0.25, 0.3) is 11.6 Å². The van der Waals surface area contributed by atoms with Gasteiger partial charge in [-0.3, -0.25) is 34.2 Å². The van der Waals surface area contributed by atoms with Crippen molar-refractivity contribution in [2.75, 3.05) is 32.6 Å². The van der Waals surface area contributed by atoms with Crippen molar-refractivity contribution in [3.8, 4) is 0 Å². The van der Waals surface area contributed by atoms with Crippen molar-refractivity contribution in [3.63, 3.8) is 0 Å². The summed E-state index contributed by atoms with van der Waals surface area (Å²) in [6.45, 7) is 4.52. The molecule has 1 aliphatic heterocycles. The highest BCUT2D eigenvalue weighted by atomic mass is 32.2. The average Bonchev–Trinajstić information content (AvgIpc) is 3.41. The van der Waals surface area contributed by atoms with Gasteiger partial charge in [0.1, 0.15) is 19.3 Å². The maximum Gasteiger partial charge on any atom is 0.410 e. The fraction of sp³-hybridized carbons (Fsp3) is 0.321. The standard InChI is InChI=1S/C28H30N4O10S/c1-5-13-41-27(36)22-8-6-7-21(26(35)30(3)40-4)24(22)29-25(34)23-14-20(43-17(2)33)15-31(23)28(37)42-16-18-9-11-19(12-10-18)32(38)39/h5-12,20,23H,1,13-16H2,2-4H3,(H,29,34)/t20-,23-/m0/s1. The summed E-state index contributed by atoms with van der Waals surface area (Å²) in [6.07, 6.45) is 0.571. The maximum absolute atomic E-state index is 13.7. The predicted octanol–water partition coefficient (Wildman–Crippen LogP) is 3.57. The van der Waals surface area contributed by atoms with Gasteiger partial charge in [-0.1, -0.05) is 30.5 Å². The summed E-state index contributed by atoms with van der Waals surface area (Å²) in [4.78, 5) is 81.0. The minimum Gasteiger partial charge on any atom is -0.458 e. The Kier molecular flexibility index (Phi) is 11.4. The summed E-state index contributed by atoms with van der Waals surface area (Å²) in [5, 5.41) is 13.8. The summed E-state index contributed by atoms with van der Waals surface area (Å²) in [6, 6.07) is 8.46. The molecule has 2 aromatic rings. The van der Waals surface area contributed by atoms with Gasteiger partial charge in [0.05, 0.1) is 28.8 Å². The molecule has 0 saturated carbocycles. The third-order valence-electron chi connectivity index (χ3n) is 6.30. The highest BCUT2D eigenvalue weighted by molar-refractivity contribution is 8.14. The topological polar surface area (TPSA) is 175 Å². The zero-order valence-electron chi connectivity index (χ0n) is 23.6. The largest absolute Gasteiger partial charge is 0.458 e. The van der Waals surface area contributed by atoms with Crippen molar-refractivity contribution < 1.29 is 43.2 Å². The van der Waals surface area contributed by atoms with Crippen LogP contribution in [0.15, 0.2) is 55.1 Å². The Bertz CT molecular complexity index is 1410. The minimum absolute atomic E-state index is 0.00263. The number of nitrogens with zero attached hydrogens (tertiary/aromatic N) is 3. The molecule has 43 heavy (non-hydrogen) atoms. The van der Waals surface area contributed by atoms with Gasteiger partial charge in [0.15, 0.2) is 5.12 Å². The molecule has 14 nitrogen and oxygen atoms in total. The molecule has 1 heterocycles. The third kappa shape index (κ3) is 8.39. The van der Waals surface area contributed by atoms with E-state index in [-0.39, 0.29) is 53.8 Å². The molecule has 2 atom stereocenters. The number of rotatable bonds is 11. The van der Waals surface area contributed by atoms with Crippen LogP contribution in [0.3, 0.4) is 0 Å². The number of carbonyl (C=O) groups excluding carboxylic acids is 5. The van der Waals surface area contributed by atoms with Gasteiger partial charge in [-0.2, -0.15) is 0 Å². The molecule has 0 aliphatic carbocycles. The van der Waals surface area contributed by atoms with Crippen molar-refractivity contribution in [2.24, 2.45) is 0 Å². The number of para-hydroxylation sites is 1. The minimum atomic E-state index is -1.14. The van der Waals surface area contributed by atoms with Crippen LogP contribution in [0.25, 0.3) is 0 Å². The normalized spacial score (nSPS) is 15.7. The van der Waals surface area contributed by atoms with Crippen molar-refractivity contribution in [3.05, 3.63) is 81.9 Å². The number of thioether (sulfide) groups is 1. The van der Waals surface area contributed by atoms with Crippen LogP contribution >= 0.6 is 11.8 Å². The van der Waals surface area contributed by atoms with E-state index in [1.165, 1.54) is 69.6 Å². The Morgan fingerprint density at radius 1 is 1.14 bits per heavy atom. The number of hydrogen-bond donors (Lipinski definition) is 1. The first-order valence-corrected chi connectivity index (χ1v) is 13.7. The van der Waals surface area contributed by atoms with E-state index in [4.69, 9.17) is 14.3 Å². The van der Waals surface area contributed by atoms with Gasteiger partial charge in [0, 0.05) is 37.9 Å². The van der Waals surface area contributed by atoms with Gasteiger partial charge in [-0.05, 0) is 36.2 Å². The number of anilines is 1. The molecule has 1 N–H and O–H groups in total. The quantitative estimate of drug-likeness (QED) is 0.170. The number of hydroxylamine groups is 2. The zero-order chi connectivity index (χ0) is 31.7. The average molecular weight is 615 g/mol. The van der Waals surface area contributed by atoms with E-state index in [0.717, 1.165) is 21.7 Å². The van der Waals surface area contributed by atoms with Crippen LogP contribution in [-0.2, 0) is 30.5 Å². The molecule has 228 valence electrons. The summed E-state index contributed by atoms with van der Waals surface area (Å²) < 4.78 is 10.5. The van der Waals surface area contributed by atoms with Crippen LogP contribution in [0.5, 0.6) is 0 Å². The highest BCUT2D eigenvalue weighted by Gasteiger charge is 2.42. The first kappa shape index (κ1) is 32.8. The first-order valence-electron chi connectivity index (χ1n) is 12.8. The van der Waals surface area contributed by atoms with E-state index in [1.807, 2.05) is 0 Å². The Hall–Kier alpha value is -4.76. The molecule has 3 rings (SSSR count). The van der Waals surface area contributed by atoms with Gasteiger partial charge in [0.2, 0.25) is 5.91 Å². The SMILES string of the molecule is C=CCOC(=O)c1cccc(C(=O)N(C)OC)c1NC(=O)[C@@H]1C[C@H](SC(C)=O)CN1C(=O)OCc1ccc([N+](=O)[O-])cc1. The Morgan fingerprint density at radius 3 is 2.42 bits per heavy atom. The van der Waals surface area contributed by atoms with E-state index in [1.54, 1.807) is 0 Å². The first-order chi connectivity index (χ1) is 20.5. The number of nitro groups is 1. The molecule has 0 spiro atoms. The fourth-order valence-electron chi connectivity index (χ4n) is 4.22. The molecule has 1 fully saturated rings. The molecule has 2 aromatic carbocycles. The second-order valence-corrected chi connectivity index (χ2v) is 10.7. The Morgan fingerprint density at radius 2 is 1.81 bits per heavy atom. The number of carbonyl (C=O) groups is 5. The lowest BCUT2D eigenvalue weighted by Gasteiger charge is -2.24. The monoisotopic (exact) mass is 614 g/mol. The summed E-state index contributed by atoms with van der Waals surface area (Å²) in [5.74, 6) is -2.25. The summed E-state index contributed by atoms with van der Waals surface area (Å²) in [5.41, 5.74) is -0.00149. The van der Waals surface area contributed by atoms with E-state index in [9.17, 15) is 34.1 Å². The second kappa shape index (κ2) is 14.9. The number of non-ortho nitro benzene ring substituents is 1. The van der Waals surface area contributed by atoms with E-state index < -0.39 is 40.1 Å². The van der Waals surface area contributed by atoms with E-state index >= 15 is 0 Å². The van der Waals surface area contributed by atoms with Gasteiger partial charge >= 0.3 is 12.1 Å². The van der Waals surface area contributed by atoms with Crippen LogP contribution in [0.4, 0.5) is 16.2 Å². The number of amides is 3. The van der Waals surface area contributed by atoms with E-state index in [0.29, 0.717) is 5.56 Å². The van der Waals surface area contributed by atoms with Crippen LogP contribution in [0, 0.1) is 10.1 Å². The van der Waals surface area contributed by atoms with Crippen LogP contribution in [0.1, 0.15) is 39.6 Å². The zero-order valence-corrected chi connectivity index (χ0v) is 24.5. The Balaban J connectivity index is 1.89. The second-order valence-electron chi connectivity index (χ2n) is 9.20. The van der Waals surface area contributed by atoms with Crippen LogP contribution in [0.2, 0.25) is 0 Å². The molecule has 0 radical (unpaired) electrons. The number of benzene rings is 2. The lowest BCUT2D eigenvalue weighted by molar-refractivity contribution is -0.384. The van der Waals surface area contributed by atoms with Crippen molar-refractivity contribution in [1.29, 1.82) is 0 Å². The number of likely N-dealkylation sites (tertiary alicyclic amines) is 1. The fourth-order valence-corrected chi connectivity index (χ4v) is 5.20.